The van der Waals surface area contributed by atoms with E-state index in [1.807, 2.05) is 13.8 Å². The Hall–Kier alpha value is 0.651. The second kappa shape index (κ2) is 29.9. The molecule has 0 nitrogen and oxygen atoms in total. The van der Waals surface area contributed by atoms with E-state index in [9.17, 15) is 0 Å². The zero-order chi connectivity index (χ0) is 10.2. The predicted molar refractivity (Wildman–Crippen MR) is 74.1 cm³/mol. The molecular weight excluding hydrogens is 192 g/mol. The molecule has 0 aromatic heterocycles. The molecule has 3 heteroatoms. The molecule has 0 aliphatic carbocycles. The molecule has 0 atom stereocenters. The molecule has 0 fully saturated rings. The fraction of sp³-hybridized carbons (Fsp3) is 1.00. The van der Waals surface area contributed by atoms with E-state index < -0.39 is 0 Å². The maximum atomic E-state index is 2.33. The number of rotatable bonds is 4. The van der Waals surface area contributed by atoms with Gasteiger partial charge in [0.25, 0.3) is 0 Å². The molecule has 0 spiro atoms. The van der Waals surface area contributed by atoms with Crippen LogP contribution >= 0.6 is 0 Å². The first-order valence-electron chi connectivity index (χ1n) is 5.83. The van der Waals surface area contributed by atoms with Crippen molar-refractivity contribution in [3.8, 4) is 0 Å². The summed E-state index contributed by atoms with van der Waals surface area (Å²) in [6.45, 7) is 10.8. The maximum Gasteiger partial charge on any atom is 0.00426 e. The Morgan fingerprint density at radius 2 is 1.42 bits per heavy atom. The van der Waals surface area contributed by atoms with Gasteiger partial charge in [-0.25, -0.2) is 0 Å². The summed E-state index contributed by atoms with van der Waals surface area (Å²) in [5.41, 5.74) is 0. The normalized spacial score (nSPS) is 9.75. The molecule has 0 amide bonds. The van der Waals surface area contributed by atoms with Crippen LogP contribution in [0.1, 0.15) is 53.9 Å². The minimum atomic E-state index is 0.633. The topological polar surface area (TPSA) is 0 Å². The van der Waals surface area contributed by atoms with Crippen LogP contribution in [0.3, 0.4) is 0 Å². The second-order valence-electron chi connectivity index (χ2n) is 2.71. The molecule has 0 aliphatic rings. The van der Waals surface area contributed by atoms with Crippen LogP contribution in [0.25, 0.3) is 0 Å². The first-order valence-corrected chi connectivity index (χ1v) is 16.5. The molecule has 0 saturated carbocycles. The lowest BCUT2D eigenvalue weighted by Crippen LogP contribution is -1.98. The average molecular weight is 223 g/mol. The fourth-order valence-corrected chi connectivity index (χ4v) is 9.90. The highest BCUT2D eigenvalue weighted by molar-refractivity contribution is 7.23. The summed E-state index contributed by atoms with van der Waals surface area (Å²) in [6, 6.07) is 1.58. The third-order valence-electron chi connectivity index (χ3n) is 1.41. The van der Waals surface area contributed by atoms with Crippen LogP contribution in [-0.4, -0.2) is 27.4 Å². The van der Waals surface area contributed by atoms with Gasteiger partial charge in [0.05, 0.1) is 0 Å². The number of unbranched alkanes of at least 4 members (excludes halogenated alkanes) is 2. The van der Waals surface area contributed by atoms with E-state index in [1.165, 1.54) is 19.3 Å². The summed E-state index contributed by atoms with van der Waals surface area (Å²) in [6.07, 6.45) is 4.08. The van der Waals surface area contributed by atoms with Gasteiger partial charge in [0.2, 0.25) is 0 Å². The minimum Gasteiger partial charge on any atom is -0.0685 e. The van der Waals surface area contributed by atoms with Crippen molar-refractivity contribution in [1.29, 1.82) is 0 Å². The van der Waals surface area contributed by atoms with Crippen molar-refractivity contribution in [2.75, 3.05) is 0 Å². The fourth-order valence-electron chi connectivity index (χ4n) is 0.707. The lowest BCUT2D eigenvalue weighted by Gasteiger charge is -1.79. The van der Waals surface area contributed by atoms with Gasteiger partial charge in [0.15, 0.2) is 0 Å². The molecule has 0 rings (SSSR count). The monoisotopic (exact) mass is 222 g/mol. The predicted octanol–water partition coefficient (Wildman–Crippen LogP) is 1.18. The lowest BCUT2D eigenvalue weighted by molar-refractivity contribution is 0.772. The molecule has 78 valence electrons. The van der Waals surface area contributed by atoms with Crippen molar-refractivity contribution in [1.82, 2.24) is 0 Å². The van der Waals surface area contributed by atoms with E-state index >= 15 is 0 Å². The van der Waals surface area contributed by atoms with Crippen molar-refractivity contribution < 1.29 is 0 Å². The smallest absolute Gasteiger partial charge is 0.00426 e. The van der Waals surface area contributed by atoms with E-state index in [0.29, 0.717) is 17.6 Å². The first-order chi connectivity index (χ1) is 5.83. The Labute approximate surface area is 87.6 Å². The first kappa shape index (κ1) is 18.4. The van der Waals surface area contributed by atoms with Gasteiger partial charge in [0, 0.05) is 9.04 Å². The largest absolute Gasteiger partial charge is 0.0685 e. The summed E-state index contributed by atoms with van der Waals surface area (Å²) in [5, 5.41) is 0. The van der Waals surface area contributed by atoms with Gasteiger partial charge in [-0.1, -0.05) is 59.9 Å². The summed E-state index contributed by atoms with van der Waals surface area (Å²) in [4.78, 5) is 0. The van der Waals surface area contributed by atoms with Crippen molar-refractivity contribution in [3.63, 3.8) is 0 Å². The van der Waals surface area contributed by atoms with Crippen LogP contribution in [0.2, 0.25) is 6.04 Å². The van der Waals surface area contributed by atoms with E-state index in [-0.39, 0.29) is 0 Å². The zero-order valence-electron chi connectivity index (χ0n) is 10.2. The summed E-state index contributed by atoms with van der Waals surface area (Å²) in [7, 11) is 2.92. The summed E-state index contributed by atoms with van der Waals surface area (Å²) < 4.78 is 0. The molecule has 0 radical (unpaired) electrons. The molecule has 0 heterocycles. The summed E-state index contributed by atoms with van der Waals surface area (Å²) >= 11 is 0. The van der Waals surface area contributed by atoms with Crippen molar-refractivity contribution in [2.24, 2.45) is 0 Å². The minimum absolute atomic E-state index is 0.633. The van der Waals surface area contributed by atoms with E-state index in [1.54, 1.807) is 15.8 Å². The third-order valence-corrected chi connectivity index (χ3v) is 13.4. The molecule has 0 bridgehead atoms. The Kier molecular flexibility index (Phi) is 45.9. The van der Waals surface area contributed by atoms with Gasteiger partial charge in [-0.05, 0) is 18.3 Å². The maximum absolute atomic E-state index is 2.33. The number of hydrogen-bond donors (Lipinski definition) is 0. The SMILES string of the molecule is CC.CCCCC.CC[SiH2][SiH2][SiH3]. The van der Waals surface area contributed by atoms with Gasteiger partial charge < -0.3 is 0 Å². The van der Waals surface area contributed by atoms with Crippen molar-refractivity contribution in [2.45, 2.75) is 59.9 Å². The van der Waals surface area contributed by atoms with Crippen LogP contribution in [0.4, 0.5) is 0 Å². The highest BCUT2D eigenvalue weighted by atomic mass is 29.5. The quantitative estimate of drug-likeness (QED) is 0.627. The second-order valence-corrected chi connectivity index (χ2v) is 19.5. The van der Waals surface area contributed by atoms with Gasteiger partial charge >= 0.3 is 0 Å². The Bertz CT molecular complexity index is 30.8. The van der Waals surface area contributed by atoms with Gasteiger partial charge in [-0.2, -0.15) is 0 Å². The van der Waals surface area contributed by atoms with Gasteiger partial charge in [-0.15, -0.1) is 0 Å². The molecule has 0 unspecified atom stereocenters. The highest BCUT2D eigenvalue weighted by Gasteiger charge is 1.71. The van der Waals surface area contributed by atoms with Gasteiger partial charge in [0.1, 0.15) is 0 Å². The molecule has 0 N–H and O–H groups in total. The highest BCUT2D eigenvalue weighted by Crippen LogP contribution is 1.88. The van der Waals surface area contributed by atoms with Crippen LogP contribution < -0.4 is 0 Å². The molecule has 12 heavy (non-hydrogen) atoms. The van der Waals surface area contributed by atoms with Crippen LogP contribution in [0.5, 0.6) is 0 Å². The molecule has 0 aromatic rings. The van der Waals surface area contributed by atoms with Gasteiger partial charge in [-0.3, -0.25) is 0 Å². The Morgan fingerprint density at radius 3 is 1.42 bits per heavy atom. The lowest BCUT2D eigenvalue weighted by atomic mass is 10.3. The van der Waals surface area contributed by atoms with Crippen LogP contribution in [-0.2, 0) is 0 Å². The average Bonchev–Trinajstić information content (AvgIpc) is 2.12. The third kappa shape index (κ3) is 45.9. The molecule has 0 aromatic carbocycles. The van der Waals surface area contributed by atoms with E-state index in [4.69, 9.17) is 0 Å². The van der Waals surface area contributed by atoms with Crippen LogP contribution in [0, 0.1) is 0 Å². The van der Waals surface area contributed by atoms with Crippen LogP contribution in [0.15, 0.2) is 0 Å². The zero-order valence-corrected chi connectivity index (χ0v) is 15.1. The van der Waals surface area contributed by atoms with Crippen molar-refractivity contribution >= 4 is 27.4 Å². The Morgan fingerprint density at radius 1 is 1.00 bits per heavy atom. The van der Waals surface area contributed by atoms with Crippen molar-refractivity contribution in [3.05, 3.63) is 0 Å². The standard InChI is InChI=1S/C5H12.C2H12Si3.C2H6/c1-3-5-4-2;1-2-4-5-3;1-2/h3-5H2,1-2H3;2,4-5H2,1,3H3;1-2H3. The molecule has 0 aliphatic heterocycles. The number of hydrogen-bond acceptors (Lipinski definition) is 0. The summed E-state index contributed by atoms with van der Waals surface area (Å²) in [5.74, 6) is 0. The Balaban J connectivity index is -0.000000112. The molecular formula is C9H30Si3. The van der Waals surface area contributed by atoms with E-state index in [2.05, 4.69) is 20.8 Å². The van der Waals surface area contributed by atoms with E-state index in [0.717, 1.165) is 0 Å². The molecule has 0 saturated heterocycles.